The molecule has 0 aliphatic carbocycles. The molecule has 1 aromatic rings. The third kappa shape index (κ3) is 4.31. The third-order valence-corrected chi connectivity index (χ3v) is 3.48. The maximum atomic E-state index is 13.5. The summed E-state index contributed by atoms with van der Waals surface area (Å²) < 4.78 is 18.3. The van der Waals surface area contributed by atoms with Crippen molar-refractivity contribution in [2.75, 3.05) is 26.7 Å². The van der Waals surface area contributed by atoms with Crippen molar-refractivity contribution in [2.45, 2.75) is 12.8 Å². The van der Waals surface area contributed by atoms with Crippen LogP contribution in [0.15, 0.2) is 24.3 Å². The van der Waals surface area contributed by atoms with Crippen LogP contribution in [0.3, 0.4) is 0 Å². The highest BCUT2D eigenvalue weighted by Crippen LogP contribution is 2.18. The Bertz CT molecular complexity index is 581. The molecule has 6 heteroatoms. The van der Waals surface area contributed by atoms with Gasteiger partial charge in [0.2, 0.25) is 11.8 Å². The first-order valence-electron chi connectivity index (χ1n) is 7.17. The minimum atomic E-state index is -0.491. The molecule has 0 atom stereocenters. The molecule has 0 bridgehead atoms. The van der Waals surface area contributed by atoms with Crippen LogP contribution < -0.4 is 10.1 Å². The van der Waals surface area contributed by atoms with Crippen LogP contribution in [0, 0.1) is 5.82 Å². The first-order chi connectivity index (χ1) is 10.6. The van der Waals surface area contributed by atoms with Gasteiger partial charge in [-0.1, -0.05) is 6.07 Å². The zero-order chi connectivity index (χ0) is 15.9. The van der Waals surface area contributed by atoms with Crippen LogP contribution in [0.1, 0.15) is 18.4 Å². The molecule has 0 saturated carbocycles. The highest BCUT2D eigenvalue weighted by atomic mass is 19.1. The van der Waals surface area contributed by atoms with Crippen molar-refractivity contribution >= 4 is 17.9 Å². The minimum Gasteiger partial charge on any atom is -0.494 e. The summed E-state index contributed by atoms with van der Waals surface area (Å²) in [5, 5.41) is 2.53. The summed E-state index contributed by atoms with van der Waals surface area (Å²) in [6, 6.07) is 4.41. The van der Waals surface area contributed by atoms with Gasteiger partial charge in [0.05, 0.1) is 13.7 Å². The number of nitrogens with zero attached hydrogens (tertiary/aromatic N) is 1. The lowest BCUT2D eigenvalue weighted by Gasteiger charge is -2.14. The van der Waals surface area contributed by atoms with Crippen molar-refractivity contribution in [1.82, 2.24) is 10.2 Å². The van der Waals surface area contributed by atoms with Crippen LogP contribution in [0.25, 0.3) is 6.08 Å². The number of methoxy groups -OCH3 is 1. The predicted molar refractivity (Wildman–Crippen MR) is 80.8 cm³/mol. The Kier molecular flexibility index (Phi) is 5.52. The van der Waals surface area contributed by atoms with Crippen molar-refractivity contribution in [2.24, 2.45) is 0 Å². The van der Waals surface area contributed by atoms with Gasteiger partial charge in [0.1, 0.15) is 0 Å². The van der Waals surface area contributed by atoms with E-state index in [-0.39, 0.29) is 24.1 Å². The molecule has 0 radical (unpaired) electrons. The summed E-state index contributed by atoms with van der Waals surface area (Å²) in [6.45, 7) is 1.51. The Balaban J connectivity index is 1.83. The van der Waals surface area contributed by atoms with Crippen LogP contribution in [0.4, 0.5) is 4.39 Å². The van der Waals surface area contributed by atoms with E-state index in [1.807, 2.05) is 0 Å². The molecule has 1 aliphatic heterocycles. The van der Waals surface area contributed by atoms with Gasteiger partial charge in [0.25, 0.3) is 0 Å². The Hall–Kier alpha value is -2.37. The van der Waals surface area contributed by atoms with E-state index in [2.05, 4.69) is 5.32 Å². The van der Waals surface area contributed by atoms with Crippen LogP contribution in [0.2, 0.25) is 0 Å². The maximum Gasteiger partial charge on any atom is 0.244 e. The van der Waals surface area contributed by atoms with Gasteiger partial charge in [0, 0.05) is 19.2 Å². The molecule has 2 rings (SSSR count). The zero-order valence-electron chi connectivity index (χ0n) is 12.5. The lowest BCUT2D eigenvalue weighted by Crippen LogP contribution is -2.38. The van der Waals surface area contributed by atoms with E-state index in [0.717, 1.165) is 25.9 Å². The monoisotopic (exact) mass is 306 g/mol. The SMILES string of the molecule is COc1ccc(/C=C/C(=O)NCC(=O)N2CCCC2)cc1F. The van der Waals surface area contributed by atoms with E-state index in [1.165, 1.54) is 31.4 Å². The summed E-state index contributed by atoms with van der Waals surface area (Å²) in [5.41, 5.74) is 0.541. The smallest absolute Gasteiger partial charge is 0.244 e. The number of nitrogens with one attached hydrogen (secondary N) is 1. The topological polar surface area (TPSA) is 58.6 Å². The number of hydrogen-bond donors (Lipinski definition) is 1. The summed E-state index contributed by atoms with van der Waals surface area (Å²) >= 11 is 0. The molecular formula is C16H19FN2O3. The number of rotatable bonds is 5. The number of amides is 2. The summed E-state index contributed by atoms with van der Waals surface area (Å²) in [6.07, 6.45) is 4.79. The molecule has 5 nitrogen and oxygen atoms in total. The standard InChI is InChI=1S/C16H19FN2O3/c1-22-14-6-4-12(10-13(14)17)5-7-15(20)18-11-16(21)19-8-2-3-9-19/h4-7,10H,2-3,8-9,11H2,1H3,(H,18,20)/b7-5+. The highest BCUT2D eigenvalue weighted by molar-refractivity contribution is 5.94. The Morgan fingerprint density at radius 3 is 2.73 bits per heavy atom. The third-order valence-electron chi connectivity index (χ3n) is 3.48. The van der Waals surface area contributed by atoms with Crippen LogP contribution in [0.5, 0.6) is 5.75 Å². The first kappa shape index (κ1) is 16.0. The van der Waals surface area contributed by atoms with Crippen LogP contribution >= 0.6 is 0 Å². The molecular weight excluding hydrogens is 287 g/mol. The van der Waals surface area contributed by atoms with Crippen molar-refractivity contribution in [1.29, 1.82) is 0 Å². The van der Waals surface area contributed by atoms with Crippen molar-refractivity contribution in [3.63, 3.8) is 0 Å². The van der Waals surface area contributed by atoms with Gasteiger partial charge in [-0.2, -0.15) is 0 Å². The van der Waals surface area contributed by atoms with E-state index in [4.69, 9.17) is 4.74 Å². The van der Waals surface area contributed by atoms with Crippen molar-refractivity contribution < 1.29 is 18.7 Å². The summed E-state index contributed by atoms with van der Waals surface area (Å²) in [4.78, 5) is 25.2. The van der Waals surface area contributed by atoms with Crippen molar-refractivity contribution in [3.05, 3.63) is 35.7 Å². The lowest BCUT2D eigenvalue weighted by molar-refractivity contribution is -0.131. The van der Waals surface area contributed by atoms with Gasteiger partial charge >= 0.3 is 0 Å². The van der Waals surface area contributed by atoms with Crippen LogP contribution in [-0.4, -0.2) is 43.5 Å². The molecule has 1 heterocycles. The van der Waals surface area contributed by atoms with Crippen molar-refractivity contribution in [3.8, 4) is 5.75 Å². The number of carbonyl (C=O) groups excluding carboxylic acids is 2. The quantitative estimate of drug-likeness (QED) is 0.840. The largest absolute Gasteiger partial charge is 0.494 e. The van der Waals surface area contributed by atoms with E-state index in [1.54, 1.807) is 11.0 Å². The fraction of sp³-hybridized carbons (Fsp3) is 0.375. The van der Waals surface area contributed by atoms with Crippen LogP contribution in [-0.2, 0) is 9.59 Å². The first-order valence-corrected chi connectivity index (χ1v) is 7.17. The number of halogens is 1. The molecule has 0 unspecified atom stereocenters. The van der Waals surface area contributed by atoms with Gasteiger partial charge in [-0.3, -0.25) is 9.59 Å². The Labute approximate surface area is 128 Å². The number of hydrogen-bond acceptors (Lipinski definition) is 3. The molecule has 1 fully saturated rings. The second kappa shape index (κ2) is 7.59. The Morgan fingerprint density at radius 2 is 2.09 bits per heavy atom. The molecule has 22 heavy (non-hydrogen) atoms. The highest BCUT2D eigenvalue weighted by Gasteiger charge is 2.17. The molecule has 0 spiro atoms. The summed E-state index contributed by atoms with van der Waals surface area (Å²) in [7, 11) is 1.39. The molecule has 1 aliphatic rings. The van der Waals surface area contributed by atoms with Gasteiger partial charge in [-0.05, 0) is 36.6 Å². The second-order valence-corrected chi connectivity index (χ2v) is 5.03. The maximum absolute atomic E-state index is 13.5. The average Bonchev–Trinajstić information content (AvgIpc) is 3.05. The fourth-order valence-electron chi connectivity index (χ4n) is 2.26. The minimum absolute atomic E-state index is 0.0137. The molecule has 1 aromatic carbocycles. The molecule has 1 saturated heterocycles. The zero-order valence-corrected chi connectivity index (χ0v) is 12.5. The van der Waals surface area contributed by atoms with E-state index in [0.29, 0.717) is 5.56 Å². The normalized spacial score (nSPS) is 14.4. The van der Waals surface area contributed by atoms with Gasteiger partial charge in [-0.25, -0.2) is 4.39 Å². The summed E-state index contributed by atoms with van der Waals surface area (Å²) in [5.74, 6) is -0.800. The Morgan fingerprint density at radius 1 is 1.36 bits per heavy atom. The van der Waals surface area contributed by atoms with E-state index >= 15 is 0 Å². The molecule has 118 valence electrons. The molecule has 0 aromatic heterocycles. The lowest BCUT2D eigenvalue weighted by atomic mass is 10.2. The average molecular weight is 306 g/mol. The van der Waals surface area contributed by atoms with E-state index < -0.39 is 5.82 Å². The number of likely N-dealkylation sites (tertiary alicyclic amines) is 1. The van der Waals surface area contributed by atoms with Gasteiger partial charge in [-0.15, -0.1) is 0 Å². The van der Waals surface area contributed by atoms with Gasteiger partial charge in [0.15, 0.2) is 11.6 Å². The number of carbonyl (C=O) groups is 2. The number of ether oxygens (including phenoxy) is 1. The second-order valence-electron chi connectivity index (χ2n) is 5.03. The number of benzene rings is 1. The predicted octanol–water partition coefficient (Wildman–Crippen LogP) is 1.59. The fourth-order valence-corrected chi connectivity index (χ4v) is 2.26. The van der Waals surface area contributed by atoms with E-state index in [9.17, 15) is 14.0 Å². The van der Waals surface area contributed by atoms with Gasteiger partial charge < -0.3 is 15.0 Å². The molecule has 2 amide bonds. The molecule has 1 N–H and O–H groups in total.